The van der Waals surface area contributed by atoms with Gasteiger partial charge in [-0.3, -0.25) is 9.69 Å². The van der Waals surface area contributed by atoms with E-state index in [9.17, 15) is 27.9 Å². The van der Waals surface area contributed by atoms with E-state index in [0.717, 1.165) is 55.6 Å². The van der Waals surface area contributed by atoms with Crippen LogP contribution in [0.4, 0.5) is 23.9 Å². The molecule has 3 heterocycles. The number of carbonyl (C=O) groups is 2. The summed E-state index contributed by atoms with van der Waals surface area (Å²) in [5.74, 6) is 0.249. The predicted molar refractivity (Wildman–Crippen MR) is 164 cm³/mol. The number of alkyl halides is 3. The molecule has 2 atom stereocenters. The maximum absolute atomic E-state index is 13.6. The van der Waals surface area contributed by atoms with Crippen molar-refractivity contribution >= 4 is 18.0 Å². The third kappa shape index (κ3) is 6.21. The maximum Gasteiger partial charge on any atom is 0.416 e. The molecule has 3 aromatic rings. The second-order valence-electron chi connectivity index (χ2n) is 12.5. The van der Waals surface area contributed by atoms with Crippen molar-refractivity contribution in [1.29, 1.82) is 0 Å². The molecule has 2 aromatic carbocycles. The predicted octanol–water partition coefficient (Wildman–Crippen LogP) is 7.13. The molecule has 1 aromatic heterocycles. The smallest absolute Gasteiger partial charge is 0.416 e. The van der Waals surface area contributed by atoms with Gasteiger partial charge >= 0.3 is 18.2 Å². The van der Waals surface area contributed by atoms with E-state index in [2.05, 4.69) is 4.98 Å². The van der Waals surface area contributed by atoms with Crippen LogP contribution in [0.15, 0.2) is 42.6 Å². The van der Waals surface area contributed by atoms with Crippen molar-refractivity contribution in [2.24, 2.45) is 5.92 Å². The molecule has 1 aliphatic carbocycles. The van der Waals surface area contributed by atoms with E-state index in [0.29, 0.717) is 41.4 Å². The minimum absolute atomic E-state index is 0.0459. The maximum atomic E-state index is 13.6. The van der Waals surface area contributed by atoms with Crippen molar-refractivity contribution in [2.75, 3.05) is 25.1 Å². The van der Waals surface area contributed by atoms with E-state index in [1.165, 1.54) is 4.90 Å². The van der Waals surface area contributed by atoms with Gasteiger partial charge in [0.2, 0.25) is 5.95 Å². The molecule has 12 heteroatoms. The Kier molecular flexibility index (Phi) is 8.56. The largest absolute Gasteiger partial charge is 0.496 e. The summed E-state index contributed by atoms with van der Waals surface area (Å²) in [5.41, 5.74) is 2.96. The van der Waals surface area contributed by atoms with E-state index in [1.807, 2.05) is 23.1 Å². The fourth-order valence-corrected chi connectivity index (χ4v) is 6.75. The molecule has 0 spiro atoms. The second kappa shape index (κ2) is 12.4. The lowest BCUT2D eigenvalue weighted by molar-refractivity contribution is -0.143. The van der Waals surface area contributed by atoms with Gasteiger partial charge in [-0.2, -0.15) is 13.2 Å². The highest BCUT2D eigenvalue weighted by Crippen LogP contribution is 2.42. The van der Waals surface area contributed by atoms with Gasteiger partial charge in [0.15, 0.2) is 0 Å². The molecule has 2 aliphatic heterocycles. The van der Waals surface area contributed by atoms with Crippen molar-refractivity contribution in [3.8, 4) is 16.9 Å². The lowest BCUT2D eigenvalue weighted by Gasteiger charge is -2.31. The first-order valence-electron chi connectivity index (χ1n) is 15.6. The number of aliphatic carboxylic acids is 1. The topological polar surface area (TPSA) is 105 Å². The minimum atomic E-state index is -4.53. The van der Waals surface area contributed by atoms with Crippen LogP contribution in [0.5, 0.6) is 5.75 Å². The zero-order valence-corrected chi connectivity index (χ0v) is 26.0. The number of cyclic esters (lactones) is 1. The number of benzene rings is 2. The van der Waals surface area contributed by atoms with E-state index in [4.69, 9.17) is 14.5 Å². The monoisotopic (exact) mass is 638 g/mol. The zero-order chi connectivity index (χ0) is 32.7. The number of methoxy groups -OCH3 is 1. The van der Waals surface area contributed by atoms with Crippen molar-refractivity contribution in [2.45, 2.75) is 76.7 Å². The van der Waals surface area contributed by atoms with Gasteiger partial charge in [-0.05, 0) is 87.3 Å². The van der Waals surface area contributed by atoms with Crippen LogP contribution in [0.3, 0.4) is 0 Å². The quantitative estimate of drug-likeness (QED) is 0.278. The Morgan fingerprint density at radius 1 is 1.07 bits per heavy atom. The molecule has 6 rings (SSSR count). The molecular formula is C34H37F3N4O5. The van der Waals surface area contributed by atoms with Gasteiger partial charge in [-0.15, -0.1) is 0 Å². The number of aromatic nitrogens is 2. The van der Waals surface area contributed by atoms with Crippen LogP contribution in [-0.2, 0) is 22.3 Å². The second-order valence-corrected chi connectivity index (χ2v) is 12.5. The number of hydrogen-bond donors (Lipinski definition) is 1. The molecule has 1 N–H and O–H groups in total. The number of carboxylic acid groups (broad SMARTS) is 1. The number of carbonyl (C=O) groups excluding carboxylic acids is 1. The summed E-state index contributed by atoms with van der Waals surface area (Å²) in [4.78, 5) is 37.9. The fourth-order valence-electron chi connectivity index (χ4n) is 6.75. The summed E-state index contributed by atoms with van der Waals surface area (Å²) in [6.45, 7) is 5.02. The first-order chi connectivity index (χ1) is 21.9. The number of hydrogen-bond acceptors (Lipinski definition) is 7. The van der Waals surface area contributed by atoms with Crippen LogP contribution < -0.4 is 9.64 Å². The number of halogens is 3. The van der Waals surface area contributed by atoms with E-state index < -0.39 is 35.9 Å². The van der Waals surface area contributed by atoms with Crippen molar-refractivity contribution in [1.82, 2.24) is 14.9 Å². The number of ether oxygens (including phenoxy) is 2. The summed E-state index contributed by atoms with van der Waals surface area (Å²) in [7, 11) is 1.58. The minimum Gasteiger partial charge on any atom is -0.496 e. The highest BCUT2D eigenvalue weighted by atomic mass is 19.4. The first-order valence-corrected chi connectivity index (χ1v) is 15.6. The van der Waals surface area contributed by atoms with Gasteiger partial charge in [0.05, 0.1) is 36.9 Å². The molecule has 0 bridgehead atoms. The molecule has 9 nitrogen and oxygen atoms in total. The average molecular weight is 639 g/mol. The van der Waals surface area contributed by atoms with Crippen molar-refractivity contribution < 1.29 is 37.3 Å². The Balaban J connectivity index is 1.34. The van der Waals surface area contributed by atoms with E-state index in [1.54, 1.807) is 33.2 Å². The lowest BCUT2D eigenvalue weighted by atomic mass is 9.78. The van der Waals surface area contributed by atoms with Crippen LogP contribution in [-0.4, -0.2) is 58.3 Å². The fraction of sp³-hybridized carbons (Fsp3) is 0.471. The van der Waals surface area contributed by atoms with Gasteiger partial charge in [0.1, 0.15) is 11.9 Å². The van der Waals surface area contributed by atoms with Crippen LogP contribution in [0, 0.1) is 12.8 Å². The van der Waals surface area contributed by atoms with Crippen molar-refractivity contribution in [3.63, 3.8) is 0 Å². The lowest BCUT2D eigenvalue weighted by Crippen LogP contribution is -2.39. The molecule has 2 saturated heterocycles. The first kappa shape index (κ1) is 31.6. The summed E-state index contributed by atoms with van der Waals surface area (Å²) >= 11 is 0. The molecule has 1 amide bonds. The van der Waals surface area contributed by atoms with Gasteiger partial charge in [0.25, 0.3) is 0 Å². The Morgan fingerprint density at radius 3 is 2.43 bits per heavy atom. The van der Waals surface area contributed by atoms with Crippen LogP contribution >= 0.6 is 0 Å². The molecule has 244 valence electrons. The number of carboxylic acids is 1. The van der Waals surface area contributed by atoms with Gasteiger partial charge in [-0.25, -0.2) is 14.8 Å². The molecule has 46 heavy (non-hydrogen) atoms. The highest BCUT2D eigenvalue weighted by Gasteiger charge is 2.42. The number of aryl methyl sites for hydroxylation is 1. The molecule has 1 saturated carbocycles. The molecule has 0 unspecified atom stereocenters. The number of amides is 1. The van der Waals surface area contributed by atoms with Gasteiger partial charge in [0, 0.05) is 30.4 Å². The Bertz CT molecular complexity index is 1640. The highest BCUT2D eigenvalue weighted by molar-refractivity contribution is 5.75. The number of rotatable bonds is 8. The Hall–Kier alpha value is -4.35. The Morgan fingerprint density at radius 2 is 1.80 bits per heavy atom. The van der Waals surface area contributed by atoms with Crippen LogP contribution in [0.25, 0.3) is 11.1 Å². The summed E-state index contributed by atoms with van der Waals surface area (Å²) in [6.07, 6.45) is -0.568. The van der Waals surface area contributed by atoms with Gasteiger partial charge < -0.3 is 19.5 Å². The van der Waals surface area contributed by atoms with E-state index >= 15 is 0 Å². The number of anilines is 1. The van der Waals surface area contributed by atoms with Gasteiger partial charge in [-0.1, -0.05) is 17.7 Å². The normalized spacial score (nSPS) is 23.2. The van der Waals surface area contributed by atoms with E-state index in [-0.39, 0.29) is 23.9 Å². The summed E-state index contributed by atoms with van der Waals surface area (Å²) in [5, 5.41) is 9.45. The molecule has 3 fully saturated rings. The SMILES string of the molecule is COc1ccc(C2CCC(C(=O)O)CC2)cc1-c1cnc(N2CCC2)nc1CN1C(=O)O[C@H](c2cc(C)cc(C(F)(F)F)c2)[C@@H]1C. The zero-order valence-electron chi connectivity index (χ0n) is 26.0. The third-order valence-corrected chi connectivity index (χ3v) is 9.52. The third-order valence-electron chi connectivity index (χ3n) is 9.52. The summed E-state index contributed by atoms with van der Waals surface area (Å²) < 4.78 is 52.3. The Labute approximate surface area is 265 Å². The molecular weight excluding hydrogens is 601 g/mol. The van der Waals surface area contributed by atoms with Crippen LogP contribution in [0.1, 0.15) is 79.0 Å². The standard InChI is InChI=1S/C34H37F3N4O5/c1-19-13-24(15-25(14-19)34(35,36)37)30-20(2)41(33(44)46-30)18-28-27(17-38-32(39-28)40-11-4-12-40)26-16-23(9-10-29(26)45-3)21-5-7-22(8-6-21)31(42)43/h9-10,13-17,20-22,30H,4-8,11-12,18H2,1-3H3,(H,42,43)/t20-,21?,22?,30-/m0/s1. The van der Waals surface area contributed by atoms with Crippen LogP contribution in [0.2, 0.25) is 0 Å². The summed E-state index contributed by atoms with van der Waals surface area (Å²) in [6, 6.07) is 9.09. The average Bonchev–Trinajstić information content (AvgIpc) is 3.28. The molecule has 0 radical (unpaired) electrons. The van der Waals surface area contributed by atoms with Crippen molar-refractivity contribution in [3.05, 3.63) is 70.5 Å². The molecule has 3 aliphatic rings. The number of nitrogens with zero attached hydrogens (tertiary/aromatic N) is 4.